The van der Waals surface area contributed by atoms with Crippen LogP contribution < -0.4 is 5.32 Å². The van der Waals surface area contributed by atoms with E-state index in [0.29, 0.717) is 31.6 Å². The molecule has 1 fully saturated rings. The lowest BCUT2D eigenvalue weighted by molar-refractivity contribution is -0.161. The monoisotopic (exact) mass is 482 g/mol. The van der Waals surface area contributed by atoms with Crippen molar-refractivity contribution >= 4 is 12.0 Å². The van der Waals surface area contributed by atoms with Gasteiger partial charge < -0.3 is 29.0 Å². The minimum Gasteiger partial charge on any atom is -0.457 e. The number of methoxy groups -OCH3 is 1. The largest absolute Gasteiger partial charge is 0.457 e. The zero-order chi connectivity index (χ0) is 25.4. The first-order valence-electron chi connectivity index (χ1n) is 11.8. The highest BCUT2D eigenvalue weighted by molar-refractivity contribution is 5.90. The van der Waals surface area contributed by atoms with Crippen LogP contribution in [-0.2, 0) is 28.5 Å². The number of amides is 2. The molecule has 2 aliphatic rings. The zero-order valence-corrected chi connectivity index (χ0v) is 21.0. The fourth-order valence-electron chi connectivity index (χ4n) is 4.57. The van der Waals surface area contributed by atoms with E-state index in [9.17, 15) is 9.59 Å². The van der Waals surface area contributed by atoms with E-state index >= 15 is 0 Å². The van der Waals surface area contributed by atoms with Crippen molar-refractivity contribution in [2.24, 2.45) is 11.0 Å². The first-order chi connectivity index (χ1) is 16.1. The molecule has 0 aromatic heterocycles. The first kappa shape index (κ1) is 28.1. The van der Waals surface area contributed by atoms with E-state index in [0.717, 1.165) is 12.8 Å². The molecule has 2 aliphatic carbocycles. The van der Waals surface area contributed by atoms with Crippen LogP contribution in [0.1, 0.15) is 60.3 Å². The highest BCUT2D eigenvalue weighted by Crippen LogP contribution is 2.49. The normalized spacial score (nSPS) is 26.1. The Morgan fingerprint density at radius 2 is 2.00 bits per heavy atom. The van der Waals surface area contributed by atoms with Gasteiger partial charge in [0, 0.05) is 28.6 Å². The Bertz CT molecular complexity index is 787. The van der Waals surface area contributed by atoms with E-state index in [2.05, 4.69) is 15.3 Å². The van der Waals surface area contributed by atoms with E-state index < -0.39 is 35.3 Å². The van der Waals surface area contributed by atoms with E-state index in [1.807, 2.05) is 34.6 Å². The summed E-state index contributed by atoms with van der Waals surface area (Å²) in [4.78, 5) is 28.2. The van der Waals surface area contributed by atoms with Crippen LogP contribution in [0.4, 0.5) is 4.79 Å². The number of hydrogen-bond acceptors (Lipinski definition) is 7. The number of nitrogens with zero attached hydrogens (tertiary/aromatic N) is 3. The Balaban J connectivity index is 2.47. The third-order valence-corrected chi connectivity index (χ3v) is 6.10. The van der Waals surface area contributed by atoms with Gasteiger partial charge >= 0.3 is 12.0 Å². The topological polar surface area (TPSA) is 141 Å². The van der Waals surface area contributed by atoms with Crippen LogP contribution >= 0.6 is 0 Å². The summed E-state index contributed by atoms with van der Waals surface area (Å²) in [5, 5.41) is 6.05. The van der Waals surface area contributed by atoms with Crippen LogP contribution in [0.25, 0.3) is 10.4 Å². The van der Waals surface area contributed by atoms with E-state index in [1.165, 1.54) is 0 Å². The Morgan fingerprint density at radius 3 is 2.59 bits per heavy atom. The summed E-state index contributed by atoms with van der Waals surface area (Å²) in [7, 11) is 1.57. The SMILES string of the molecule is CCC(CC)O[C@@H]1C=C(C(=O)OC(C)(C)C)[C@@H]2CC[C@@]1(NC(=O)N=[N+]=[N-])[C@H]2OCOCCOC. The lowest BCUT2D eigenvalue weighted by atomic mass is 9.77. The molecule has 0 unspecified atom stereocenters. The molecular weight excluding hydrogens is 444 g/mol. The van der Waals surface area contributed by atoms with Gasteiger partial charge in [0.15, 0.2) is 0 Å². The molecule has 2 amide bonds. The highest BCUT2D eigenvalue weighted by atomic mass is 16.7. The molecule has 0 saturated heterocycles. The summed E-state index contributed by atoms with van der Waals surface area (Å²) in [6.45, 7) is 10.1. The Labute approximate surface area is 201 Å². The predicted octanol–water partition coefficient (Wildman–Crippen LogP) is 4.02. The van der Waals surface area contributed by atoms with Gasteiger partial charge in [-0.25, -0.2) is 4.79 Å². The van der Waals surface area contributed by atoms with Crippen molar-refractivity contribution in [1.82, 2.24) is 5.32 Å². The van der Waals surface area contributed by atoms with Gasteiger partial charge in [0.2, 0.25) is 0 Å². The average molecular weight is 483 g/mol. The lowest BCUT2D eigenvalue weighted by Gasteiger charge is -2.46. The van der Waals surface area contributed by atoms with Crippen molar-refractivity contribution in [3.8, 4) is 0 Å². The van der Waals surface area contributed by atoms with Crippen LogP contribution in [0, 0.1) is 5.92 Å². The van der Waals surface area contributed by atoms with E-state index in [1.54, 1.807) is 13.2 Å². The lowest BCUT2D eigenvalue weighted by Crippen LogP contribution is -2.65. The second-order valence-corrected chi connectivity index (χ2v) is 9.53. The smallest absolute Gasteiger partial charge is 0.334 e. The molecule has 4 atom stereocenters. The third kappa shape index (κ3) is 6.93. The Morgan fingerprint density at radius 1 is 1.29 bits per heavy atom. The molecule has 0 heterocycles. The molecule has 0 aromatic rings. The molecule has 11 heteroatoms. The van der Waals surface area contributed by atoms with Gasteiger partial charge in [-0.05, 0) is 58.1 Å². The second-order valence-electron chi connectivity index (χ2n) is 9.53. The number of azide groups is 1. The number of carbonyl (C=O) groups is 2. The Hall–Kier alpha value is -2.17. The number of hydrogen-bond donors (Lipinski definition) is 1. The molecule has 34 heavy (non-hydrogen) atoms. The highest BCUT2D eigenvalue weighted by Gasteiger charge is 2.60. The van der Waals surface area contributed by atoms with Gasteiger partial charge in [-0.2, -0.15) is 0 Å². The molecule has 2 bridgehead atoms. The second kappa shape index (κ2) is 12.5. The molecule has 0 spiro atoms. The fourth-order valence-corrected chi connectivity index (χ4v) is 4.57. The molecule has 0 aliphatic heterocycles. The van der Waals surface area contributed by atoms with E-state index in [-0.39, 0.29) is 18.8 Å². The number of fused-ring (bicyclic) bond motifs is 2. The standard InChI is InChI=1S/C23H38N4O7/c1-7-15(8-2)33-18-13-17(20(28)34-22(3,4)5)16-9-10-23(18,25-21(29)26-27-24)19(16)32-14-31-12-11-30-6/h13,15-16,18-19H,7-12,14H2,1-6H3,(H,25,29)/t16-,18+,19-,23-/m0/s1. The third-order valence-electron chi connectivity index (χ3n) is 6.10. The summed E-state index contributed by atoms with van der Waals surface area (Å²) < 4.78 is 28.7. The van der Waals surface area contributed by atoms with Crippen molar-refractivity contribution in [3.63, 3.8) is 0 Å². The number of esters is 1. The summed E-state index contributed by atoms with van der Waals surface area (Å²) in [6.07, 6.45) is 2.79. The summed E-state index contributed by atoms with van der Waals surface area (Å²) >= 11 is 0. The van der Waals surface area contributed by atoms with Crippen LogP contribution in [0.5, 0.6) is 0 Å². The molecule has 1 N–H and O–H groups in total. The number of urea groups is 1. The summed E-state index contributed by atoms with van der Waals surface area (Å²) in [5.74, 6) is -0.796. The predicted molar refractivity (Wildman–Crippen MR) is 124 cm³/mol. The van der Waals surface area contributed by atoms with Crippen molar-refractivity contribution in [3.05, 3.63) is 22.1 Å². The number of nitrogens with one attached hydrogen (secondary N) is 1. The van der Waals surface area contributed by atoms with Gasteiger partial charge in [-0.3, -0.25) is 4.79 Å². The molecule has 2 rings (SSSR count). The first-order valence-corrected chi connectivity index (χ1v) is 11.8. The average Bonchev–Trinajstić information content (AvgIpc) is 3.02. The Kier molecular flexibility index (Phi) is 10.3. The number of carbonyl (C=O) groups excluding carboxylic acids is 2. The maximum atomic E-state index is 13.2. The minimum absolute atomic E-state index is 0.0665. The number of ether oxygens (including phenoxy) is 5. The zero-order valence-electron chi connectivity index (χ0n) is 21.0. The van der Waals surface area contributed by atoms with Gasteiger partial charge in [0.1, 0.15) is 18.5 Å². The van der Waals surface area contributed by atoms with Crippen LogP contribution in [0.2, 0.25) is 0 Å². The van der Waals surface area contributed by atoms with Crippen molar-refractivity contribution in [2.45, 2.75) is 89.8 Å². The molecule has 0 aromatic carbocycles. The van der Waals surface area contributed by atoms with Gasteiger partial charge in [-0.1, -0.05) is 13.8 Å². The van der Waals surface area contributed by atoms with Crippen LogP contribution in [0.3, 0.4) is 0 Å². The van der Waals surface area contributed by atoms with Crippen molar-refractivity contribution < 1.29 is 33.3 Å². The maximum Gasteiger partial charge on any atom is 0.334 e. The van der Waals surface area contributed by atoms with Crippen molar-refractivity contribution in [2.75, 3.05) is 27.1 Å². The minimum atomic E-state index is -1.03. The summed E-state index contributed by atoms with van der Waals surface area (Å²) in [5.41, 5.74) is 7.51. The molecule has 11 nitrogen and oxygen atoms in total. The van der Waals surface area contributed by atoms with Gasteiger partial charge in [0.25, 0.3) is 0 Å². The van der Waals surface area contributed by atoms with E-state index in [4.69, 9.17) is 29.2 Å². The van der Waals surface area contributed by atoms with Gasteiger partial charge in [-0.15, -0.1) is 0 Å². The van der Waals surface area contributed by atoms with Crippen molar-refractivity contribution in [1.29, 1.82) is 0 Å². The molecular formula is C23H38N4O7. The quantitative estimate of drug-likeness (QED) is 0.111. The number of rotatable bonds is 12. The van der Waals surface area contributed by atoms with Crippen LogP contribution in [0.15, 0.2) is 16.8 Å². The molecule has 1 saturated carbocycles. The molecule has 192 valence electrons. The fraction of sp³-hybridized carbons (Fsp3) is 0.826. The summed E-state index contributed by atoms with van der Waals surface area (Å²) in [6, 6.07) is -0.829. The molecule has 0 radical (unpaired) electrons. The maximum absolute atomic E-state index is 13.2. The van der Waals surface area contributed by atoms with Gasteiger partial charge in [0.05, 0.1) is 31.0 Å². The van der Waals surface area contributed by atoms with Crippen LogP contribution in [-0.4, -0.2) is 68.6 Å².